The monoisotopic (exact) mass is 351 g/mol. The fraction of sp³-hybridized carbons (Fsp3) is 0.357. The molecule has 0 aliphatic carbocycles. The van der Waals surface area contributed by atoms with Gasteiger partial charge in [-0.2, -0.15) is 0 Å². The van der Waals surface area contributed by atoms with Gasteiger partial charge in [-0.15, -0.1) is 5.10 Å². The molecule has 0 fully saturated rings. The standard InChI is InChI=1S/C14H18BrN5O/c15-11-4-6-12(7-5-11)17-14(21)10-20-9-13(18-19-20)3-1-2-8-16/h4-7,9H,1-3,8,10,16H2,(H,17,21). The van der Waals surface area contributed by atoms with E-state index in [2.05, 4.69) is 31.6 Å². The molecule has 6 nitrogen and oxygen atoms in total. The Bertz CT molecular complexity index is 581. The van der Waals surface area contributed by atoms with Crippen LogP contribution >= 0.6 is 15.9 Å². The van der Waals surface area contributed by atoms with Crippen molar-refractivity contribution in [1.29, 1.82) is 0 Å². The van der Waals surface area contributed by atoms with Crippen LogP contribution in [-0.2, 0) is 17.8 Å². The number of nitrogens with one attached hydrogen (secondary N) is 1. The quantitative estimate of drug-likeness (QED) is 0.746. The second kappa shape index (κ2) is 7.90. The first kappa shape index (κ1) is 15.7. The lowest BCUT2D eigenvalue weighted by Crippen LogP contribution is -2.19. The van der Waals surface area contributed by atoms with Crippen LogP contribution in [-0.4, -0.2) is 27.4 Å². The van der Waals surface area contributed by atoms with E-state index in [1.54, 1.807) is 10.9 Å². The topological polar surface area (TPSA) is 85.8 Å². The molecule has 1 aromatic heterocycles. The molecule has 7 heteroatoms. The van der Waals surface area contributed by atoms with E-state index in [9.17, 15) is 4.79 Å². The number of carbonyl (C=O) groups excluding carboxylic acids is 1. The van der Waals surface area contributed by atoms with Crippen molar-refractivity contribution in [2.24, 2.45) is 5.73 Å². The molecule has 0 aliphatic rings. The van der Waals surface area contributed by atoms with Crippen LogP contribution in [0.25, 0.3) is 0 Å². The minimum absolute atomic E-state index is 0.129. The van der Waals surface area contributed by atoms with Crippen LogP contribution in [0.3, 0.4) is 0 Å². The maximum absolute atomic E-state index is 11.9. The number of amides is 1. The summed E-state index contributed by atoms with van der Waals surface area (Å²) in [6.45, 7) is 0.837. The third kappa shape index (κ3) is 5.28. The van der Waals surface area contributed by atoms with Crippen molar-refractivity contribution in [3.8, 4) is 0 Å². The molecular weight excluding hydrogens is 334 g/mol. The van der Waals surface area contributed by atoms with Gasteiger partial charge in [0.2, 0.25) is 5.91 Å². The first-order valence-corrected chi connectivity index (χ1v) is 7.61. The number of halogens is 1. The summed E-state index contributed by atoms with van der Waals surface area (Å²) in [4.78, 5) is 11.9. The summed E-state index contributed by atoms with van der Waals surface area (Å²) in [5.74, 6) is -0.129. The van der Waals surface area contributed by atoms with Gasteiger partial charge in [-0.05, 0) is 50.1 Å². The summed E-state index contributed by atoms with van der Waals surface area (Å²) >= 11 is 3.35. The van der Waals surface area contributed by atoms with Gasteiger partial charge in [-0.25, -0.2) is 4.68 Å². The molecule has 0 bridgehead atoms. The second-order valence-electron chi connectivity index (χ2n) is 4.71. The molecule has 1 heterocycles. The number of aryl methyl sites for hydroxylation is 1. The molecule has 2 aromatic rings. The molecule has 1 amide bonds. The molecule has 3 N–H and O–H groups in total. The van der Waals surface area contributed by atoms with Crippen molar-refractivity contribution in [3.63, 3.8) is 0 Å². The van der Waals surface area contributed by atoms with Crippen LogP contribution in [0.15, 0.2) is 34.9 Å². The van der Waals surface area contributed by atoms with Gasteiger partial charge >= 0.3 is 0 Å². The van der Waals surface area contributed by atoms with Crippen molar-refractivity contribution in [2.45, 2.75) is 25.8 Å². The summed E-state index contributed by atoms with van der Waals surface area (Å²) in [6, 6.07) is 7.42. The van der Waals surface area contributed by atoms with E-state index < -0.39 is 0 Å². The van der Waals surface area contributed by atoms with E-state index in [0.717, 1.165) is 35.1 Å². The Hall–Kier alpha value is -1.73. The molecule has 112 valence electrons. The molecule has 0 atom stereocenters. The second-order valence-corrected chi connectivity index (χ2v) is 5.62. The van der Waals surface area contributed by atoms with Crippen LogP contribution in [0, 0.1) is 0 Å². The Morgan fingerprint density at radius 1 is 1.29 bits per heavy atom. The van der Waals surface area contributed by atoms with Gasteiger partial charge in [-0.3, -0.25) is 4.79 Å². The predicted molar refractivity (Wildman–Crippen MR) is 84.8 cm³/mol. The zero-order chi connectivity index (χ0) is 15.1. The number of rotatable bonds is 7. The Balaban J connectivity index is 1.83. The number of aromatic nitrogens is 3. The summed E-state index contributed by atoms with van der Waals surface area (Å²) in [7, 11) is 0. The molecule has 0 saturated carbocycles. The van der Waals surface area contributed by atoms with Gasteiger partial charge in [0.15, 0.2) is 0 Å². The lowest BCUT2D eigenvalue weighted by Gasteiger charge is -2.04. The first-order chi connectivity index (χ1) is 10.2. The highest BCUT2D eigenvalue weighted by Gasteiger charge is 2.06. The number of carbonyl (C=O) groups is 1. The predicted octanol–water partition coefficient (Wildman–Crippen LogP) is 1.96. The highest BCUT2D eigenvalue weighted by molar-refractivity contribution is 9.10. The van der Waals surface area contributed by atoms with Gasteiger partial charge in [0.05, 0.1) is 5.69 Å². The first-order valence-electron chi connectivity index (χ1n) is 6.82. The van der Waals surface area contributed by atoms with Gasteiger partial charge < -0.3 is 11.1 Å². The van der Waals surface area contributed by atoms with Crippen molar-refractivity contribution in [2.75, 3.05) is 11.9 Å². The molecular formula is C14H18BrN5O. The van der Waals surface area contributed by atoms with Crippen LogP contribution in [0.1, 0.15) is 18.5 Å². The normalized spacial score (nSPS) is 10.6. The summed E-state index contributed by atoms with van der Waals surface area (Å²) in [5.41, 5.74) is 7.09. The van der Waals surface area contributed by atoms with Crippen LogP contribution in [0.2, 0.25) is 0 Å². The SMILES string of the molecule is NCCCCc1cn(CC(=O)Nc2ccc(Br)cc2)nn1. The number of hydrogen-bond donors (Lipinski definition) is 2. The average Bonchev–Trinajstić information content (AvgIpc) is 2.89. The lowest BCUT2D eigenvalue weighted by molar-refractivity contribution is -0.116. The molecule has 0 unspecified atom stereocenters. The number of unbranched alkanes of at least 4 members (excludes halogenated alkanes) is 1. The van der Waals surface area contributed by atoms with E-state index >= 15 is 0 Å². The summed E-state index contributed by atoms with van der Waals surface area (Å²) in [6.07, 6.45) is 4.60. The Morgan fingerprint density at radius 2 is 2.05 bits per heavy atom. The van der Waals surface area contributed by atoms with Crippen LogP contribution in [0.5, 0.6) is 0 Å². The van der Waals surface area contributed by atoms with Crippen LogP contribution < -0.4 is 11.1 Å². The average molecular weight is 352 g/mol. The highest BCUT2D eigenvalue weighted by Crippen LogP contribution is 2.14. The smallest absolute Gasteiger partial charge is 0.246 e. The molecule has 21 heavy (non-hydrogen) atoms. The molecule has 1 aromatic carbocycles. The van der Waals surface area contributed by atoms with Crippen molar-refractivity contribution in [3.05, 3.63) is 40.6 Å². The largest absolute Gasteiger partial charge is 0.330 e. The zero-order valence-electron chi connectivity index (χ0n) is 11.6. The Morgan fingerprint density at radius 3 is 2.76 bits per heavy atom. The maximum atomic E-state index is 11.9. The molecule has 2 rings (SSSR count). The summed E-state index contributed by atoms with van der Waals surface area (Å²) < 4.78 is 2.52. The third-order valence-electron chi connectivity index (χ3n) is 2.91. The maximum Gasteiger partial charge on any atom is 0.246 e. The third-order valence-corrected chi connectivity index (χ3v) is 3.44. The number of benzene rings is 1. The fourth-order valence-electron chi connectivity index (χ4n) is 1.86. The van der Waals surface area contributed by atoms with Gasteiger partial charge in [0.1, 0.15) is 6.54 Å². The number of nitrogens with zero attached hydrogens (tertiary/aromatic N) is 3. The molecule has 0 aliphatic heterocycles. The highest BCUT2D eigenvalue weighted by atomic mass is 79.9. The van der Waals surface area contributed by atoms with E-state index in [1.807, 2.05) is 24.3 Å². The van der Waals surface area contributed by atoms with E-state index in [-0.39, 0.29) is 12.5 Å². The van der Waals surface area contributed by atoms with E-state index in [0.29, 0.717) is 6.54 Å². The van der Waals surface area contributed by atoms with Crippen LogP contribution in [0.4, 0.5) is 5.69 Å². The Kier molecular flexibility index (Phi) is 5.89. The minimum atomic E-state index is -0.129. The van der Waals surface area contributed by atoms with E-state index in [4.69, 9.17) is 5.73 Å². The van der Waals surface area contributed by atoms with Crippen molar-refractivity contribution < 1.29 is 4.79 Å². The van der Waals surface area contributed by atoms with Crippen molar-refractivity contribution in [1.82, 2.24) is 15.0 Å². The van der Waals surface area contributed by atoms with Gasteiger partial charge in [-0.1, -0.05) is 21.1 Å². The zero-order valence-corrected chi connectivity index (χ0v) is 13.2. The minimum Gasteiger partial charge on any atom is -0.330 e. The molecule has 0 spiro atoms. The van der Waals surface area contributed by atoms with E-state index in [1.165, 1.54) is 0 Å². The van der Waals surface area contributed by atoms with Gasteiger partial charge in [0.25, 0.3) is 0 Å². The molecule has 0 saturated heterocycles. The summed E-state index contributed by atoms with van der Waals surface area (Å²) in [5, 5.41) is 10.8. The lowest BCUT2D eigenvalue weighted by atomic mass is 10.2. The molecule has 0 radical (unpaired) electrons. The number of hydrogen-bond acceptors (Lipinski definition) is 4. The van der Waals surface area contributed by atoms with Crippen molar-refractivity contribution >= 4 is 27.5 Å². The van der Waals surface area contributed by atoms with Gasteiger partial charge in [0, 0.05) is 16.4 Å². The Labute approximate surface area is 131 Å². The fourth-order valence-corrected chi connectivity index (χ4v) is 2.13. The number of nitrogens with two attached hydrogens (primary N) is 1. The number of anilines is 1.